The van der Waals surface area contributed by atoms with Crippen molar-refractivity contribution in [1.29, 1.82) is 0 Å². The van der Waals surface area contributed by atoms with Crippen LogP contribution in [0.4, 0.5) is 0 Å². The van der Waals surface area contributed by atoms with Gasteiger partial charge in [-0.15, -0.1) is 0 Å². The molecule has 4 nitrogen and oxygen atoms in total. The van der Waals surface area contributed by atoms with E-state index >= 15 is 0 Å². The minimum atomic E-state index is 0.684. The van der Waals surface area contributed by atoms with E-state index in [0.717, 1.165) is 24.9 Å². The van der Waals surface area contributed by atoms with Crippen molar-refractivity contribution < 1.29 is 0 Å². The van der Waals surface area contributed by atoms with Gasteiger partial charge in [-0.2, -0.15) is 0 Å². The van der Waals surface area contributed by atoms with Crippen molar-refractivity contribution in [2.45, 2.75) is 32.4 Å². The number of hydrogen-bond donors (Lipinski definition) is 1. The molecule has 4 heteroatoms. The summed E-state index contributed by atoms with van der Waals surface area (Å²) < 4.78 is 2.09. The van der Waals surface area contributed by atoms with Crippen LogP contribution >= 0.6 is 0 Å². The van der Waals surface area contributed by atoms with E-state index < -0.39 is 0 Å². The quantitative estimate of drug-likeness (QED) is 0.848. The first-order valence-corrected chi connectivity index (χ1v) is 6.78. The molecular formula is C13H22N4. The van der Waals surface area contributed by atoms with E-state index in [0.29, 0.717) is 6.54 Å². The highest BCUT2D eigenvalue weighted by atomic mass is 15.2. The van der Waals surface area contributed by atoms with Gasteiger partial charge in [0.2, 0.25) is 0 Å². The van der Waals surface area contributed by atoms with Crippen LogP contribution in [0.2, 0.25) is 0 Å². The van der Waals surface area contributed by atoms with Crippen molar-refractivity contribution in [3.63, 3.8) is 0 Å². The molecule has 1 aromatic rings. The molecule has 0 spiro atoms. The zero-order valence-electron chi connectivity index (χ0n) is 10.4. The lowest BCUT2D eigenvalue weighted by molar-refractivity contribution is 0.300. The molecule has 1 aliphatic heterocycles. The predicted molar refractivity (Wildman–Crippen MR) is 67.4 cm³/mol. The van der Waals surface area contributed by atoms with Crippen LogP contribution in [0.3, 0.4) is 0 Å². The van der Waals surface area contributed by atoms with Crippen LogP contribution in [0.25, 0.3) is 0 Å². The van der Waals surface area contributed by atoms with Crippen LogP contribution in [-0.4, -0.2) is 34.1 Å². The highest BCUT2D eigenvalue weighted by molar-refractivity contribution is 4.99. The molecule has 2 atom stereocenters. The average molecular weight is 234 g/mol. The SMILES string of the molecule is NCCn1cnc(CN2CC3CCCC3C2)c1. The van der Waals surface area contributed by atoms with Crippen molar-refractivity contribution in [2.75, 3.05) is 19.6 Å². The van der Waals surface area contributed by atoms with Crippen LogP contribution < -0.4 is 5.73 Å². The molecule has 1 aliphatic carbocycles. The first-order chi connectivity index (χ1) is 8.35. The maximum absolute atomic E-state index is 5.54. The summed E-state index contributed by atoms with van der Waals surface area (Å²) in [4.78, 5) is 7.03. The Bertz CT molecular complexity index is 361. The molecule has 2 aliphatic rings. The van der Waals surface area contributed by atoms with Gasteiger partial charge < -0.3 is 10.3 Å². The van der Waals surface area contributed by atoms with E-state index in [1.54, 1.807) is 0 Å². The molecule has 1 saturated carbocycles. The third kappa shape index (κ3) is 2.38. The van der Waals surface area contributed by atoms with Crippen LogP contribution in [0.15, 0.2) is 12.5 Å². The maximum atomic E-state index is 5.54. The van der Waals surface area contributed by atoms with E-state index in [2.05, 4.69) is 20.6 Å². The van der Waals surface area contributed by atoms with Gasteiger partial charge in [-0.1, -0.05) is 6.42 Å². The fourth-order valence-electron chi connectivity index (χ4n) is 3.45. The minimum Gasteiger partial charge on any atom is -0.336 e. The Kier molecular flexibility index (Phi) is 3.16. The summed E-state index contributed by atoms with van der Waals surface area (Å²) in [7, 11) is 0. The number of fused-ring (bicyclic) bond motifs is 1. The summed E-state index contributed by atoms with van der Waals surface area (Å²) in [5.41, 5.74) is 6.73. The zero-order valence-corrected chi connectivity index (χ0v) is 10.4. The largest absolute Gasteiger partial charge is 0.336 e. The van der Waals surface area contributed by atoms with Gasteiger partial charge in [0, 0.05) is 38.9 Å². The van der Waals surface area contributed by atoms with E-state index in [-0.39, 0.29) is 0 Å². The van der Waals surface area contributed by atoms with Gasteiger partial charge in [-0.05, 0) is 24.7 Å². The number of hydrogen-bond acceptors (Lipinski definition) is 3. The summed E-state index contributed by atoms with van der Waals surface area (Å²) in [5.74, 6) is 1.95. The molecule has 3 rings (SSSR count). The molecule has 0 radical (unpaired) electrons. The molecule has 0 aromatic carbocycles. The van der Waals surface area contributed by atoms with Crippen LogP contribution in [-0.2, 0) is 13.1 Å². The predicted octanol–water partition coefficient (Wildman–Crippen LogP) is 1.07. The van der Waals surface area contributed by atoms with Gasteiger partial charge in [-0.3, -0.25) is 4.90 Å². The molecule has 2 heterocycles. The van der Waals surface area contributed by atoms with Crippen molar-refractivity contribution in [1.82, 2.24) is 14.5 Å². The Labute approximate surface area is 103 Å². The molecule has 2 fully saturated rings. The lowest BCUT2D eigenvalue weighted by Gasteiger charge is -2.14. The average Bonchev–Trinajstić information content (AvgIpc) is 2.95. The van der Waals surface area contributed by atoms with Gasteiger partial charge >= 0.3 is 0 Å². The van der Waals surface area contributed by atoms with E-state index in [9.17, 15) is 0 Å². The first kappa shape index (κ1) is 11.2. The summed E-state index contributed by atoms with van der Waals surface area (Å²) in [6, 6.07) is 0. The first-order valence-electron chi connectivity index (χ1n) is 6.78. The number of imidazole rings is 1. The maximum Gasteiger partial charge on any atom is 0.0950 e. The van der Waals surface area contributed by atoms with Gasteiger partial charge in [0.15, 0.2) is 0 Å². The molecule has 2 N–H and O–H groups in total. The summed E-state index contributed by atoms with van der Waals surface area (Å²) in [6.07, 6.45) is 8.39. The molecule has 1 aromatic heterocycles. The van der Waals surface area contributed by atoms with Crippen molar-refractivity contribution in [3.05, 3.63) is 18.2 Å². The summed E-state index contributed by atoms with van der Waals surface area (Å²) in [6.45, 7) is 5.15. The Balaban J connectivity index is 1.56. The Morgan fingerprint density at radius 3 is 2.76 bits per heavy atom. The minimum absolute atomic E-state index is 0.684. The fraction of sp³-hybridized carbons (Fsp3) is 0.769. The number of nitrogens with two attached hydrogens (primary N) is 1. The topological polar surface area (TPSA) is 47.1 Å². The van der Waals surface area contributed by atoms with E-state index in [1.807, 2.05) is 6.33 Å². The third-order valence-electron chi connectivity index (χ3n) is 4.26. The Hall–Kier alpha value is -0.870. The summed E-state index contributed by atoms with van der Waals surface area (Å²) in [5, 5.41) is 0. The second kappa shape index (κ2) is 4.78. The Morgan fingerprint density at radius 1 is 1.29 bits per heavy atom. The lowest BCUT2D eigenvalue weighted by Crippen LogP contribution is -2.21. The number of aromatic nitrogens is 2. The monoisotopic (exact) mass is 234 g/mol. The molecule has 1 saturated heterocycles. The summed E-state index contributed by atoms with van der Waals surface area (Å²) >= 11 is 0. The molecule has 0 bridgehead atoms. The highest BCUT2D eigenvalue weighted by Gasteiger charge is 2.35. The second-order valence-electron chi connectivity index (χ2n) is 5.54. The smallest absolute Gasteiger partial charge is 0.0950 e. The normalized spacial score (nSPS) is 28.8. The number of nitrogens with zero attached hydrogens (tertiary/aromatic N) is 3. The van der Waals surface area contributed by atoms with Crippen LogP contribution in [0, 0.1) is 11.8 Å². The molecule has 94 valence electrons. The van der Waals surface area contributed by atoms with Crippen molar-refractivity contribution in [3.8, 4) is 0 Å². The zero-order chi connectivity index (χ0) is 11.7. The molecule has 17 heavy (non-hydrogen) atoms. The van der Waals surface area contributed by atoms with Gasteiger partial charge in [-0.25, -0.2) is 4.98 Å². The van der Waals surface area contributed by atoms with E-state index in [4.69, 9.17) is 5.73 Å². The second-order valence-corrected chi connectivity index (χ2v) is 5.54. The van der Waals surface area contributed by atoms with Crippen LogP contribution in [0.1, 0.15) is 25.0 Å². The molecule has 0 amide bonds. The number of likely N-dealkylation sites (tertiary alicyclic amines) is 1. The third-order valence-corrected chi connectivity index (χ3v) is 4.26. The molecular weight excluding hydrogens is 212 g/mol. The van der Waals surface area contributed by atoms with E-state index in [1.165, 1.54) is 38.0 Å². The standard InChI is InChI=1S/C13H22N4/c14-4-5-16-8-13(15-10-16)9-17-6-11-2-1-3-12(11)7-17/h8,10-12H,1-7,9,14H2. The Morgan fingerprint density at radius 2 is 2.06 bits per heavy atom. The molecule has 2 unspecified atom stereocenters. The van der Waals surface area contributed by atoms with Gasteiger partial charge in [0.05, 0.1) is 12.0 Å². The fourth-order valence-corrected chi connectivity index (χ4v) is 3.45. The van der Waals surface area contributed by atoms with Gasteiger partial charge in [0.1, 0.15) is 0 Å². The van der Waals surface area contributed by atoms with Crippen LogP contribution in [0.5, 0.6) is 0 Å². The van der Waals surface area contributed by atoms with Crippen molar-refractivity contribution in [2.24, 2.45) is 17.6 Å². The highest BCUT2D eigenvalue weighted by Crippen LogP contribution is 2.37. The van der Waals surface area contributed by atoms with Crippen molar-refractivity contribution >= 4 is 0 Å². The number of rotatable bonds is 4. The van der Waals surface area contributed by atoms with Gasteiger partial charge in [0.25, 0.3) is 0 Å². The lowest BCUT2D eigenvalue weighted by atomic mass is 10.0.